The highest BCUT2D eigenvalue weighted by Gasteiger charge is 2.04. The number of rotatable bonds is 3. The maximum absolute atomic E-state index is 11.5. The molecule has 0 atom stereocenters. The Morgan fingerprint density at radius 3 is 2.44 bits per heavy atom. The molecule has 4 heteroatoms. The molecule has 0 saturated heterocycles. The molecule has 1 N–H and O–H groups in total. The number of phenolic OH excluding ortho intramolecular Hbond substituents is 1. The normalized spacial score (nSPS) is 10.4. The predicted octanol–water partition coefficient (Wildman–Crippen LogP) is 2.58. The lowest BCUT2D eigenvalue weighted by atomic mass is 10.2. The number of hydrogen-bond acceptors (Lipinski definition) is 4. The summed E-state index contributed by atoms with van der Waals surface area (Å²) in [5.41, 5.74) is 0.908. The van der Waals surface area contributed by atoms with E-state index in [9.17, 15) is 9.90 Å². The van der Waals surface area contributed by atoms with Crippen LogP contribution in [0.5, 0.6) is 5.75 Å². The molecule has 0 bridgehead atoms. The van der Waals surface area contributed by atoms with Gasteiger partial charge in [-0.15, -0.1) is 0 Å². The van der Waals surface area contributed by atoms with E-state index in [0.717, 1.165) is 0 Å². The van der Waals surface area contributed by atoms with Gasteiger partial charge in [-0.25, -0.2) is 4.79 Å². The lowest BCUT2D eigenvalue weighted by Crippen LogP contribution is -2.00. The van der Waals surface area contributed by atoms with Crippen molar-refractivity contribution in [2.75, 3.05) is 0 Å². The summed E-state index contributed by atoms with van der Waals surface area (Å²) < 4.78 is 0. The van der Waals surface area contributed by atoms with Gasteiger partial charge in [0.05, 0.1) is 11.8 Å². The summed E-state index contributed by atoms with van der Waals surface area (Å²) in [7, 11) is 0. The highest BCUT2D eigenvalue weighted by atomic mass is 16.7. The first kappa shape index (κ1) is 11.9. The summed E-state index contributed by atoms with van der Waals surface area (Å²) >= 11 is 0. The average molecular weight is 241 g/mol. The van der Waals surface area contributed by atoms with Crippen molar-refractivity contribution >= 4 is 12.2 Å². The van der Waals surface area contributed by atoms with E-state index in [0.29, 0.717) is 11.1 Å². The third kappa shape index (κ3) is 2.95. The largest absolute Gasteiger partial charge is 0.507 e. The summed E-state index contributed by atoms with van der Waals surface area (Å²) in [5, 5.41) is 13.0. The second-order valence-corrected chi connectivity index (χ2v) is 3.54. The van der Waals surface area contributed by atoms with E-state index in [4.69, 9.17) is 4.84 Å². The number of phenols is 1. The molecular formula is C14H11NO3. The number of nitrogens with zero attached hydrogens (tertiary/aromatic N) is 1. The van der Waals surface area contributed by atoms with Crippen LogP contribution in [0.1, 0.15) is 15.9 Å². The molecule has 0 amide bonds. The molecule has 0 spiro atoms. The Labute approximate surface area is 104 Å². The van der Waals surface area contributed by atoms with Crippen molar-refractivity contribution in [1.29, 1.82) is 0 Å². The van der Waals surface area contributed by atoms with E-state index >= 15 is 0 Å². The number of aromatic hydroxyl groups is 1. The van der Waals surface area contributed by atoms with Crippen LogP contribution in [0.4, 0.5) is 0 Å². The Bertz CT molecular complexity index is 564. The minimum atomic E-state index is -0.540. The summed E-state index contributed by atoms with van der Waals surface area (Å²) in [6.45, 7) is 0. The maximum Gasteiger partial charge on any atom is 0.365 e. The zero-order valence-electron chi connectivity index (χ0n) is 9.48. The van der Waals surface area contributed by atoms with Crippen molar-refractivity contribution < 1.29 is 14.7 Å². The van der Waals surface area contributed by atoms with Crippen LogP contribution >= 0.6 is 0 Å². The van der Waals surface area contributed by atoms with E-state index in [1.165, 1.54) is 12.3 Å². The first-order valence-corrected chi connectivity index (χ1v) is 5.35. The van der Waals surface area contributed by atoms with Crippen LogP contribution in [0.25, 0.3) is 0 Å². The lowest BCUT2D eigenvalue weighted by molar-refractivity contribution is 0.0519. The molecule has 2 aromatic carbocycles. The van der Waals surface area contributed by atoms with Gasteiger partial charge in [0, 0.05) is 5.56 Å². The molecule has 18 heavy (non-hydrogen) atoms. The van der Waals surface area contributed by atoms with Crippen LogP contribution in [-0.2, 0) is 4.84 Å². The number of benzene rings is 2. The Hall–Kier alpha value is -2.62. The molecule has 0 aliphatic heterocycles. The number of carbonyl (C=O) groups excluding carboxylic acids is 1. The van der Waals surface area contributed by atoms with Crippen LogP contribution in [0, 0.1) is 0 Å². The molecule has 0 unspecified atom stereocenters. The standard InChI is InChI=1S/C14H11NO3/c16-13-9-5-4-8-12(13)10-15-18-14(17)11-6-2-1-3-7-11/h1-10,16H/b15-10+. The van der Waals surface area contributed by atoms with Crippen molar-refractivity contribution in [3.05, 3.63) is 65.7 Å². The molecule has 2 rings (SSSR count). The first-order valence-electron chi connectivity index (χ1n) is 5.35. The minimum absolute atomic E-state index is 0.0806. The van der Waals surface area contributed by atoms with Crippen LogP contribution in [0.2, 0.25) is 0 Å². The summed E-state index contributed by atoms with van der Waals surface area (Å²) in [6, 6.07) is 15.2. The van der Waals surface area contributed by atoms with Crippen LogP contribution in [0.3, 0.4) is 0 Å². The van der Waals surface area contributed by atoms with Gasteiger partial charge in [-0.05, 0) is 24.3 Å². The second-order valence-electron chi connectivity index (χ2n) is 3.54. The molecule has 0 saturated carbocycles. The summed E-state index contributed by atoms with van der Waals surface area (Å²) in [5.74, 6) is -0.459. The van der Waals surface area contributed by atoms with Crippen molar-refractivity contribution in [3.63, 3.8) is 0 Å². The van der Waals surface area contributed by atoms with Crippen molar-refractivity contribution in [2.24, 2.45) is 5.16 Å². The van der Waals surface area contributed by atoms with E-state index in [-0.39, 0.29) is 5.75 Å². The lowest BCUT2D eigenvalue weighted by Gasteiger charge is -1.98. The molecule has 0 aliphatic carbocycles. The third-order valence-corrected chi connectivity index (χ3v) is 2.27. The highest BCUT2D eigenvalue weighted by Crippen LogP contribution is 2.12. The van der Waals surface area contributed by atoms with Gasteiger partial charge < -0.3 is 9.94 Å². The van der Waals surface area contributed by atoms with E-state index in [2.05, 4.69) is 5.16 Å². The number of oxime groups is 1. The minimum Gasteiger partial charge on any atom is -0.507 e. The van der Waals surface area contributed by atoms with Gasteiger partial charge in [-0.1, -0.05) is 35.5 Å². The van der Waals surface area contributed by atoms with Crippen LogP contribution < -0.4 is 0 Å². The Balaban J connectivity index is 2.00. The quantitative estimate of drug-likeness (QED) is 0.510. The first-order chi connectivity index (χ1) is 8.77. The van der Waals surface area contributed by atoms with Gasteiger partial charge in [0.15, 0.2) is 0 Å². The third-order valence-electron chi connectivity index (χ3n) is 2.27. The van der Waals surface area contributed by atoms with Gasteiger partial charge in [0.2, 0.25) is 0 Å². The Morgan fingerprint density at radius 1 is 1.06 bits per heavy atom. The van der Waals surface area contributed by atoms with Gasteiger partial charge >= 0.3 is 5.97 Å². The average Bonchev–Trinajstić information content (AvgIpc) is 2.42. The maximum atomic E-state index is 11.5. The highest BCUT2D eigenvalue weighted by molar-refractivity contribution is 5.90. The Morgan fingerprint density at radius 2 is 1.72 bits per heavy atom. The van der Waals surface area contributed by atoms with Crippen molar-refractivity contribution in [2.45, 2.75) is 0 Å². The van der Waals surface area contributed by atoms with Gasteiger partial charge in [-0.3, -0.25) is 0 Å². The molecule has 0 aliphatic rings. The van der Waals surface area contributed by atoms with Gasteiger partial charge in [0.25, 0.3) is 0 Å². The van der Waals surface area contributed by atoms with Gasteiger partial charge in [-0.2, -0.15) is 0 Å². The van der Waals surface area contributed by atoms with Crippen LogP contribution in [-0.4, -0.2) is 17.3 Å². The van der Waals surface area contributed by atoms with Crippen molar-refractivity contribution in [1.82, 2.24) is 0 Å². The molecule has 0 heterocycles. The summed E-state index contributed by atoms with van der Waals surface area (Å²) in [6.07, 6.45) is 1.29. The Kier molecular flexibility index (Phi) is 3.71. The second kappa shape index (κ2) is 5.63. The molecule has 0 aromatic heterocycles. The molecule has 0 fully saturated rings. The van der Waals surface area contributed by atoms with Crippen molar-refractivity contribution in [3.8, 4) is 5.75 Å². The van der Waals surface area contributed by atoms with E-state index in [1.807, 2.05) is 6.07 Å². The molecule has 2 aromatic rings. The fourth-order valence-electron chi connectivity index (χ4n) is 1.35. The van der Waals surface area contributed by atoms with Crippen LogP contribution in [0.15, 0.2) is 59.8 Å². The number of carbonyl (C=O) groups is 1. The topological polar surface area (TPSA) is 58.9 Å². The smallest absolute Gasteiger partial charge is 0.365 e. The molecular weight excluding hydrogens is 230 g/mol. The fourth-order valence-corrected chi connectivity index (χ4v) is 1.35. The molecule has 4 nitrogen and oxygen atoms in total. The molecule has 0 radical (unpaired) electrons. The zero-order valence-corrected chi connectivity index (χ0v) is 9.48. The SMILES string of the molecule is O=C(O/N=C/c1ccccc1O)c1ccccc1. The fraction of sp³-hybridized carbons (Fsp3) is 0. The monoisotopic (exact) mass is 241 g/mol. The zero-order chi connectivity index (χ0) is 12.8. The molecule has 90 valence electrons. The van der Waals surface area contributed by atoms with E-state index < -0.39 is 5.97 Å². The predicted molar refractivity (Wildman–Crippen MR) is 67.6 cm³/mol. The summed E-state index contributed by atoms with van der Waals surface area (Å²) in [4.78, 5) is 16.2. The number of para-hydroxylation sites is 1. The number of hydrogen-bond donors (Lipinski definition) is 1. The van der Waals surface area contributed by atoms with Gasteiger partial charge in [0.1, 0.15) is 5.75 Å². The van der Waals surface area contributed by atoms with E-state index in [1.54, 1.807) is 42.5 Å².